The van der Waals surface area contributed by atoms with Gasteiger partial charge in [-0.1, -0.05) is 23.5 Å². The lowest BCUT2D eigenvalue weighted by atomic mass is 10.2. The van der Waals surface area contributed by atoms with E-state index in [0.717, 1.165) is 16.1 Å². The monoisotopic (exact) mass is 326 g/mol. The Morgan fingerprint density at radius 3 is 2.43 bits per heavy atom. The summed E-state index contributed by atoms with van der Waals surface area (Å²) in [5, 5.41) is 0. The Bertz CT molecular complexity index is 817. The molecule has 0 radical (unpaired) electrons. The molecule has 21 heavy (non-hydrogen) atoms. The zero-order valence-corrected chi connectivity index (χ0v) is 14.1. The van der Waals surface area contributed by atoms with Crippen LogP contribution in [0.25, 0.3) is 0 Å². The van der Waals surface area contributed by atoms with Gasteiger partial charge in [0, 0.05) is 24.7 Å². The first-order chi connectivity index (χ1) is 9.73. The molecular formula is C14H18N2O3S2. The van der Waals surface area contributed by atoms with Crippen molar-refractivity contribution in [1.29, 1.82) is 0 Å². The Kier molecular flexibility index (Phi) is 4.36. The first-order valence-electron chi connectivity index (χ1n) is 6.42. The van der Waals surface area contributed by atoms with E-state index >= 15 is 0 Å². The topological polar surface area (TPSA) is 59.4 Å². The summed E-state index contributed by atoms with van der Waals surface area (Å²) in [6.07, 6.45) is 0. The quantitative estimate of drug-likeness (QED) is 0.861. The standard InChI is InChI=1S/C14H18N2O3S2/c1-10-11(2)20-14(17)16(10)9-12-6-5-7-13(8-12)21(18,19)15(3)4/h5-8H,9H2,1-4H3. The normalized spacial score (nSPS) is 12.0. The van der Waals surface area contributed by atoms with Gasteiger partial charge in [0.15, 0.2) is 0 Å². The molecule has 0 aliphatic carbocycles. The van der Waals surface area contributed by atoms with Gasteiger partial charge in [-0.05, 0) is 31.5 Å². The second-order valence-corrected chi connectivity index (χ2v) is 8.35. The molecule has 1 aromatic heterocycles. The second-order valence-electron chi connectivity index (χ2n) is 5.03. The molecule has 0 aliphatic rings. The van der Waals surface area contributed by atoms with Crippen LogP contribution in [0, 0.1) is 13.8 Å². The summed E-state index contributed by atoms with van der Waals surface area (Å²) in [7, 11) is -0.460. The maximum Gasteiger partial charge on any atom is 0.307 e. The van der Waals surface area contributed by atoms with Crippen LogP contribution in [0.3, 0.4) is 0 Å². The van der Waals surface area contributed by atoms with Crippen molar-refractivity contribution in [3.05, 3.63) is 50.1 Å². The van der Waals surface area contributed by atoms with E-state index < -0.39 is 10.0 Å². The van der Waals surface area contributed by atoms with Crippen molar-refractivity contribution in [2.45, 2.75) is 25.3 Å². The van der Waals surface area contributed by atoms with E-state index in [2.05, 4.69) is 0 Å². The van der Waals surface area contributed by atoms with Crippen molar-refractivity contribution in [2.24, 2.45) is 0 Å². The largest absolute Gasteiger partial charge is 0.307 e. The summed E-state index contributed by atoms with van der Waals surface area (Å²) in [5.74, 6) is 0. The molecule has 0 amide bonds. The smallest absolute Gasteiger partial charge is 0.299 e. The first kappa shape index (κ1) is 15.9. The van der Waals surface area contributed by atoms with Gasteiger partial charge >= 0.3 is 4.87 Å². The Morgan fingerprint density at radius 2 is 1.90 bits per heavy atom. The maximum absolute atomic E-state index is 12.1. The lowest BCUT2D eigenvalue weighted by Crippen LogP contribution is -2.22. The molecule has 0 saturated heterocycles. The van der Waals surface area contributed by atoms with E-state index in [9.17, 15) is 13.2 Å². The number of nitrogens with zero attached hydrogens (tertiary/aromatic N) is 2. The van der Waals surface area contributed by atoms with Crippen LogP contribution in [0.4, 0.5) is 0 Å². The van der Waals surface area contributed by atoms with Crippen molar-refractivity contribution in [3.8, 4) is 0 Å². The fourth-order valence-corrected chi connectivity index (χ4v) is 3.77. The predicted molar refractivity (Wildman–Crippen MR) is 84.5 cm³/mol. The number of aromatic nitrogens is 1. The van der Waals surface area contributed by atoms with Crippen molar-refractivity contribution < 1.29 is 8.42 Å². The number of rotatable bonds is 4. The van der Waals surface area contributed by atoms with Gasteiger partial charge in [0.2, 0.25) is 10.0 Å². The first-order valence-corrected chi connectivity index (χ1v) is 8.67. The SMILES string of the molecule is Cc1sc(=O)n(Cc2cccc(S(=O)(=O)N(C)C)c2)c1C. The zero-order valence-electron chi connectivity index (χ0n) is 12.5. The summed E-state index contributed by atoms with van der Waals surface area (Å²) < 4.78 is 27.1. The van der Waals surface area contributed by atoms with Crippen LogP contribution < -0.4 is 4.87 Å². The number of benzene rings is 1. The number of hydrogen-bond donors (Lipinski definition) is 0. The molecular weight excluding hydrogens is 308 g/mol. The lowest BCUT2D eigenvalue weighted by Gasteiger charge is -2.12. The highest BCUT2D eigenvalue weighted by Gasteiger charge is 2.17. The van der Waals surface area contributed by atoms with Crippen LogP contribution in [0.2, 0.25) is 0 Å². The fourth-order valence-electron chi connectivity index (χ4n) is 1.97. The maximum atomic E-state index is 12.1. The van der Waals surface area contributed by atoms with Crippen molar-refractivity contribution in [3.63, 3.8) is 0 Å². The minimum absolute atomic E-state index is 0.0223. The van der Waals surface area contributed by atoms with Gasteiger partial charge in [-0.2, -0.15) is 0 Å². The summed E-state index contributed by atoms with van der Waals surface area (Å²) in [6, 6.07) is 6.71. The molecule has 1 aromatic carbocycles. The Hall–Kier alpha value is -1.44. The Morgan fingerprint density at radius 1 is 1.24 bits per heavy atom. The van der Waals surface area contributed by atoms with Crippen LogP contribution >= 0.6 is 11.3 Å². The minimum Gasteiger partial charge on any atom is -0.299 e. The highest BCUT2D eigenvalue weighted by molar-refractivity contribution is 7.89. The summed E-state index contributed by atoms with van der Waals surface area (Å²) in [5.41, 5.74) is 1.71. The van der Waals surface area contributed by atoms with Gasteiger partial charge in [0.05, 0.1) is 11.4 Å². The van der Waals surface area contributed by atoms with E-state index in [1.54, 1.807) is 22.8 Å². The average molecular weight is 326 g/mol. The van der Waals surface area contributed by atoms with Crippen LogP contribution in [0.1, 0.15) is 16.1 Å². The van der Waals surface area contributed by atoms with Crippen molar-refractivity contribution in [1.82, 2.24) is 8.87 Å². The van der Waals surface area contributed by atoms with Crippen molar-refractivity contribution >= 4 is 21.4 Å². The lowest BCUT2D eigenvalue weighted by molar-refractivity contribution is 0.520. The summed E-state index contributed by atoms with van der Waals surface area (Å²) in [4.78, 5) is 13.1. The molecule has 1 heterocycles. The summed E-state index contributed by atoms with van der Waals surface area (Å²) >= 11 is 1.21. The third-order valence-corrected chi connectivity index (χ3v) is 6.20. The van der Waals surface area contributed by atoms with Crippen LogP contribution in [-0.4, -0.2) is 31.4 Å². The van der Waals surface area contributed by atoms with E-state index in [1.807, 2.05) is 19.9 Å². The molecule has 7 heteroatoms. The molecule has 0 spiro atoms. The number of aryl methyl sites for hydroxylation is 1. The highest BCUT2D eigenvalue weighted by atomic mass is 32.2. The predicted octanol–water partition coefficient (Wildman–Crippen LogP) is 1.83. The van der Waals surface area contributed by atoms with Gasteiger partial charge in [0.25, 0.3) is 0 Å². The molecule has 5 nitrogen and oxygen atoms in total. The molecule has 0 unspecified atom stereocenters. The van der Waals surface area contributed by atoms with E-state index in [0.29, 0.717) is 6.54 Å². The molecule has 0 atom stereocenters. The van der Waals surface area contributed by atoms with E-state index in [-0.39, 0.29) is 9.77 Å². The second kappa shape index (κ2) is 5.75. The van der Waals surface area contributed by atoms with Crippen LogP contribution in [0.15, 0.2) is 34.0 Å². The van der Waals surface area contributed by atoms with Gasteiger partial charge < -0.3 is 0 Å². The van der Waals surface area contributed by atoms with Gasteiger partial charge in [0.1, 0.15) is 0 Å². The third kappa shape index (κ3) is 3.09. The number of sulfonamides is 1. The van der Waals surface area contributed by atoms with Crippen LogP contribution in [0.5, 0.6) is 0 Å². The molecule has 0 N–H and O–H groups in total. The van der Waals surface area contributed by atoms with E-state index in [4.69, 9.17) is 0 Å². The summed E-state index contributed by atoms with van der Waals surface area (Å²) in [6.45, 7) is 4.18. The van der Waals surface area contributed by atoms with E-state index in [1.165, 1.54) is 29.7 Å². The molecule has 0 fully saturated rings. The molecule has 0 bridgehead atoms. The molecule has 2 rings (SSSR count). The average Bonchev–Trinajstić information content (AvgIpc) is 2.65. The van der Waals surface area contributed by atoms with Crippen LogP contribution in [-0.2, 0) is 16.6 Å². The zero-order chi connectivity index (χ0) is 15.8. The minimum atomic E-state index is -3.46. The third-order valence-electron chi connectivity index (χ3n) is 3.39. The molecule has 0 aliphatic heterocycles. The fraction of sp³-hybridized carbons (Fsp3) is 0.357. The number of thiazole rings is 1. The molecule has 114 valence electrons. The highest BCUT2D eigenvalue weighted by Crippen LogP contribution is 2.17. The number of hydrogen-bond acceptors (Lipinski definition) is 4. The molecule has 0 saturated carbocycles. The van der Waals surface area contributed by atoms with Gasteiger partial charge in [-0.3, -0.25) is 9.36 Å². The molecule has 2 aromatic rings. The van der Waals surface area contributed by atoms with Gasteiger partial charge in [-0.25, -0.2) is 12.7 Å². The Labute approximate surface area is 128 Å². The Balaban J connectivity index is 2.42. The van der Waals surface area contributed by atoms with Crippen molar-refractivity contribution in [2.75, 3.05) is 14.1 Å². The van der Waals surface area contributed by atoms with Gasteiger partial charge in [-0.15, -0.1) is 0 Å².